The number of piperidine rings is 1. The van der Waals surface area contributed by atoms with Gasteiger partial charge in [-0.05, 0) is 51.1 Å². The number of carbonyl (C=O) groups excluding carboxylic acids is 1. The van der Waals surface area contributed by atoms with Crippen molar-refractivity contribution >= 4 is 17.1 Å². The average Bonchev–Trinajstić information content (AvgIpc) is 3.01. The van der Waals surface area contributed by atoms with Crippen LogP contribution in [-0.2, 0) is 6.54 Å². The smallest absolute Gasteiger partial charge is 0.317 e. The number of carbonyl (C=O) groups is 1. The van der Waals surface area contributed by atoms with Crippen molar-refractivity contribution in [2.75, 3.05) is 26.7 Å². The molecule has 136 valence electrons. The highest BCUT2D eigenvalue weighted by Crippen LogP contribution is 2.14. The fourth-order valence-electron chi connectivity index (χ4n) is 3.26. The molecule has 2 heterocycles. The van der Waals surface area contributed by atoms with Crippen LogP contribution in [0.15, 0.2) is 18.2 Å². The number of hydrogen-bond acceptors (Lipinski definition) is 3. The highest BCUT2D eigenvalue weighted by atomic mass is 19.1. The van der Waals surface area contributed by atoms with Gasteiger partial charge in [-0.1, -0.05) is 6.42 Å². The van der Waals surface area contributed by atoms with Crippen molar-refractivity contribution in [2.24, 2.45) is 0 Å². The van der Waals surface area contributed by atoms with Crippen LogP contribution in [0.4, 0.5) is 9.18 Å². The summed E-state index contributed by atoms with van der Waals surface area (Å²) in [5.74, 6) is 0.336. The first kappa shape index (κ1) is 17.7. The van der Waals surface area contributed by atoms with Crippen molar-refractivity contribution in [2.45, 2.75) is 38.8 Å². The lowest BCUT2D eigenvalue weighted by atomic mass is 10.1. The van der Waals surface area contributed by atoms with Gasteiger partial charge in [0.1, 0.15) is 11.6 Å². The maximum absolute atomic E-state index is 13.2. The molecule has 0 bridgehead atoms. The van der Waals surface area contributed by atoms with E-state index in [0.717, 1.165) is 13.1 Å². The molecule has 1 aromatic heterocycles. The minimum absolute atomic E-state index is 0.129. The summed E-state index contributed by atoms with van der Waals surface area (Å²) < 4.78 is 13.2. The Balaban J connectivity index is 1.51. The molecule has 1 aromatic carbocycles. The predicted octanol–water partition coefficient (Wildman–Crippen LogP) is 2.72. The third kappa shape index (κ3) is 4.48. The van der Waals surface area contributed by atoms with Crippen molar-refractivity contribution < 1.29 is 9.18 Å². The van der Waals surface area contributed by atoms with Gasteiger partial charge >= 0.3 is 6.03 Å². The summed E-state index contributed by atoms with van der Waals surface area (Å²) in [6.45, 7) is 5.36. The number of likely N-dealkylation sites (tertiary alicyclic amines) is 1. The van der Waals surface area contributed by atoms with Crippen LogP contribution in [0.1, 0.15) is 32.0 Å². The number of aromatic nitrogens is 2. The zero-order chi connectivity index (χ0) is 17.8. The molecule has 0 unspecified atom stereocenters. The molecule has 2 N–H and O–H groups in total. The Morgan fingerprint density at radius 3 is 2.92 bits per heavy atom. The summed E-state index contributed by atoms with van der Waals surface area (Å²) in [4.78, 5) is 23.8. The first-order chi connectivity index (χ1) is 12.0. The second-order valence-corrected chi connectivity index (χ2v) is 6.83. The Bertz CT molecular complexity index is 725. The van der Waals surface area contributed by atoms with E-state index >= 15 is 0 Å². The Morgan fingerprint density at radius 1 is 1.40 bits per heavy atom. The Morgan fingerprint density at radius 2 is 2.16 bits per heavy atom. The van der Waals surface area contributed by atoms with Gasteiger partial charge in [0.25, 0.3) is 0 Å². The van der Waals surface area contributed by atoms with Crippen LogP contribution >= 0.6 is 0 Å². The summed E-state index contributed by atoms with van der Waals surface area (Å²) in [5, 5.41) is 2.99. The molecular weight excluding hydrogens is 321 g/mol. The third-order valence-electron chi connectivity index (χ3n) is 4.79. The van der Waals surface area contributed by atoms with E-state index in [4.69, 9.17) is 0 Å². The van der Waals surface area contributed by atoms with E-state index in [-0.39, 0.29) is 11.8 Å². The zero-order valence-corrected chi connectivity index (χ0v) is 14.9. The Kier molecular flexibility index (Phi) is 5.53. The molecule has 1 aliphatic heterocycles. The number of H-pyrrole nitrogens is 1. The lowest BCUT2D eigenvalue weighted by Gasteiger charge is -2.32. The second-order valence-electron chi connectivity index (χ2n) is 6.83. The molecule has 0 saturated carbocycles. The van der Waals surface area contributed by atoms with Gasteiger partial charge in [-0.15, -0.1) is 0 Å². The predicted molar refractivity (Wildman–Crippen MR) is 95.8 cm³/mol. The lowest BCUT2D eigenvalue weighted by molar-refractivity contribution is 0.165. The number of rotatable bonds is 5. The van der Waals surface area contributed by atoms with E-state index in [1.54, 1.807) is 18.0 Å². The molecule has 1 aliphatic rings. The van der Waals surface area contributed by atoms with Crippen molar-refractivity contribution in [3.63, 3.8) is 0 Å². The average molecular weight is 347 g/mol. The number of nitrogens with zero attached hydrogens (tertiary/aromatic N) is 3. The van der Waals surface area contributed by atoms with Gasteiger partial charge in [-0.2, -0.15) is 0 Å². The molecule has 6 nitrogen and oxygen atoms in total. The van der Waals surface area contributed by atoms with E-state index in [1.807, 2.05) is 0 Å². The van der Waals surface area contributed by atoms with Crippen molar-refractivity contribution in [3.8, 4) is 0 Å². The minimum Gasteiger partial charge on any atom is -0.340 e. The number of urea groups is 1. The first-order valence-corrected chi connectivity index (χ1v) is 8.90. The molecule has 0 aliphatic carbocycles. The topological polar surface area (TPSA) is 64.3 Å². The summed E-state index contributed by atoms with van der Waals surface area (Å²) >= 11 is 0. The van der Waals surface area contributed by atoms with Gasteiger partial charge in [-0.25, -0.2) is 14.2 Å². The number of halogens is 1. The number of fused-ring (bicyclic) bond motifs is 1. The fraction of sp³-hybridized carbons (Fsp3) is 0.556. The van der Waals surface area contributed by atoms with Crippen molar-refractivity contribution in [3.05, 3.63) is 29.8 Å². The quantitative estimate of drug-likeness (QED) is 0.874. The van der Waals surface area contributed by atoms with E-state index < -0.39 is 0 Å². The van der Waals surface area contributed by atoms with Crippen LogP contribution < -0.4 is 5.32 Å². The largest absolute Gasteiger partial charge is 0.340 e. The highest BCUT2D eigenvalue weighted by Gasteiger charge is 2.18. The molecule has 0 spiro atoms. The normalized spacial score (nSPS) is 16.8. The number of nitrogens with one attached hydrogen (secondary N) is 2. The number of aromatic amines is 1. The SMILES string of the molecule is C[C@H](CNC(=O)N(C)Cc1nc2ccc(F)cc2[nH]1)N1CCCCC1. The van der Waals surface area contributed by atoms with Gasteiger partial charge in [0.2, 0.25) is 0 Å². The fourth-order valence-corrected chi connectivity index (χ4v) is 3.26. The second kappa shape index (κ2) is 7.82. The highest BCUT2D eigenvalue weighted by molar-refractivity contribution is 5.76. The Labute approximate surface area is 147 Å². The Hall–Kier alpha value is -2.15. The maximum atomic E-state index is 13.2. The van der Waals surface area contributed by atoms with Gasteiger partial charge in [0, 0.05) is 19.6 Å². The molecule has 25 heavy (non-hydrogen) atoms. The number of hydrogen-bond donors (Lipinski definition) is 2. The van der Waals surface area contributed by atoms with Crippen LogP contribution in [0, 0.1) is 5.82 Å². The summed E-state index contributed by atoms with van der Waals surface area (Å²) in [7, 11) is 1.73. The van der Waals surface area contributed by atoms with E-state index in [2.05, 4.69) is 27.1 Å². The molecule has 1 atom stereocenters. The molecule has 2 amide bonds. The molecule has 1 saturated heterocycles. The number of amides is 2. The summed E-state index contributed by atoms with van der Waals surface area (Å²) in [6.07, 6.45) is 3.79. The molecule has 7 heteroatoms. The van der Waals surface area contributed by atoms with Gasteiger partial charge in [0.15, 0.2) is 0 Å². The summed E-state index contributed by atoms with van der Waals surface area (Å²) in [6, 6.07) is 4.63. The van der Waals surface area contributed by atoms with Crippen LogP contribution in [0.3, 0.4) is 0 Å². The number of imidazole rings is 1. The van der Waals surface area contributed by atoms with Crippen molar-refractivity contribution in [1.82, 2.24) is 25.1 Å². The first-order valence-electron chi connectivity index (χ1n) is 8.90. The van der Waals surface area contributed by atoms with Crippen molar-refractivity contribution in [1.29, 1.82) is 0 Å². The van der Waals surface area contributed by atoms with Crippen LogP contribution in [-0.4, -0.2) is 58.5 Å². The maximum Gasteiger partial charge on any atom is 0.317 e. The summed E-state index contributed by atoms with van der Waals surface area (Å²) in [5.41, 5.74) is 1.34. The molecular formula is C18H26FN5O. The number of benzene rings is 1. The molecule has 2 aromatic rings. The van der Waals surface area contributed by atoms with Crippen LogP contribution in [0.5, 0.6) is 0 Å². The standard InChI is InChI=1S/C18H26FN5O/c1-13(24-8-4-3-5-9-24)11-20-18(25)23(2)12-17-21-15-7-6-14(19)10-16(15)22-17/h6-7,10,13H,3-5,8-9,11-12H2,1-2H3,(H,20,25)(H,21,22)/t13-/m1/s1. The zero-order valence-electron chi connectivity index (χ0n) is 14.9. The van der Waals surface area contributed by atoms with Gasteiger partial charge < -0.3 is 15.2 Å². The lowest BCUT2D eigenvalue weighted by Crippen LogP contribution is -2.47. The van der Waals surface area contributed by atoms with Gasteiger partial charge in [-0.3, -0.25) is 4.90 Å². The third-order valence-corrected chi connectivity index (χ3v) is 4.79. The van der Waals surface area contributed by atoms with Crippen LogP contribution in [0.2, 0.25) is 0 Å². The van der Waals surface area contributed by atoms with Gasteiger partial charge in [0.05, 0.1) is 17.6 Å². The van der Waals surface area contributed by atoms with E-state index in [0.29, 0.717) is 36.0 Å². The molecule has 3 rings (SSSR count). The van der Waals surface area contributed by atoms with E-state index in [1.165, 1.54) is 31.4 Å². The molecule has 0 radical (unpaired) electrons. The monoisotopic (exact) mass is 347 g/mol. The molecule has 1 fully saturated rings. The minimum atomic E-state index is -0.305. The van der Waals surface area contributed by atoms with E-state index in [9.17, 15) is 9.18 Å². The van der Waals surface area contributed by atoms with Crippen LogP contribution in [0.25, 0.3) is 11.0 Å².